The molecule has 7 nitrogen and oxygen atoms in total. The summed E-state index contributed by atoms with van der Waals surface area (Å²) < 4.78 is 38.5. The van der Waals surface area contributed by atoms with E-state index < -0.39 is 10.0 Å². The summed E-state index contributed by atoms with van der Waals surface area (Å²) in [5.74, 6) is 1.07. The molecule has 1 saturated carbocycles. The lowest BCUT2D eigenvalue weighted by molar-refractivity contribution is -0.124. The van der Waals surface area contributed by atoms with Crippen molar-refractivity contribution >= 4 is 15.9 Å². The van der Waals surface area contributed by atoms with Crippen LogP contribution >= 0.6 is 0 Å². The van der Waals surface area contributed by atoms with Crippen molar-refractivity contribution in [3.63, 3.8) is 0 Å². The summed E-state index contributed by atoms with van der Waals surface area (Å²) in [5.41, 5.74) is 0.964. The van der Waals surface area contributed by atoms with Gasteiger partial charge < -0.3 is 14.8 Å². The van der Waals surface area contributed by atoms with E-state index in [0.29, 0.717) is 44.1 Å². The molecule has 0 atom stereocenters. The van der Waals surface area contributed by atoms with E-state index >= 15 is 0 Å². The number of carbonyl (C=O) groups excluding carboxylic acids is 1. The smallest absolute Gasteiger partial charge is 0.240 e. The second-order valence-electron chi connectivity index (χ2n) is 8.36. The summed E-state index contributed by atoms with van der Waals surface area (Å²) >= 11 is 0. The first-order valence-electron chi connectivity index (χ1n) is 11.2. The van der Waals surface area contributed by atoms with Crippen molar-refractivity contribution in [2.45, 2.75) is 55.4 Å². The number of carbonyl (C=O) groups is 1. The quantitative estimate of drug-likeness (QED) is 0.532. The molecule has 0 bridgehead atoms. The van der Waals surface area contributed by atoms with Crippen molar-refractivity contribution in [1.82, 2.24) is 10.0 Å². The van der Waals surface area contributed by atoms with Gasteiger partial charge >= 0.3 is 0 Å². The van der Waals surface area contributed by atoms with Crippen molar-refractivity contribution in [1.29, 1.82) is 0 Å². The summed E-state index contributed by atoms with van der Waals surface area (Å²) in [6, 6.07) is 14.8. The van der Waals surface area contributed by atoms with E-state index in [1.807, 2.05) is 18.2 Å². The fourth-order valence-electron chi connectivity index (χ4n) is 4.17. The number of ether oxygens (including phenoxy) is 2. The second-order valence-corrected chi connectivity index (χ2v) is 10.1. The van der Waals surface area contributed by atoms with Crippen LogP contribution in [0.25, 0.3) is 0 Å². The zero-order valence-corrected chi connectivity index (χ0v) is 19.0. The fourth-order valence-corrected chi connectivity index (χ4v) is 5.26. The third-order valence-corrected chi connectivity index (χ3v) is 7.57. The summed E-state index contributed by atoms with van der Waals surface area (Å²) in [5, 5.41) is 3.24. The maximum absolute atomic E-state index is 12.5. The standard InChI is InChI=1S/C24H30N2O5S/c27-23(26-24(13-7-14-24)19-8-3-1-4-9-19)10-5-2-6-15-25-32(28,29)20-11-12-21-22(18-20)31-17-16-30-21/h1,3-4,8-9,11-12,18,25H,2,5-7,10,13-17H2,(H,26,27). The van der Waals surface area contributed by atoms with E-state index in [-0.39, 0.29) is 16.3 Å². The number of amides is 1. The van der Waals surface area contributed by atoms with Gasteiger partial charge in [-0.25, -0.2) is 13.1 Å². The van der Waals surface area contributed by atoms with Crippen LogP contribution in [-0.4, -0.2) is 34.1 Å². The third kappa shape index (κ3) is 5.24. The Bertz CT molecular complexity index is 1040. The third-order valence-electron chi connectivity index (χ3n) is 6.11. The van der Waals surface area contributed by atoms with E-state index in [2.05, 4.69) is 22.2 Å². The Morgan fingerprint density at radius 1 is 0.938 bits per heavy atom. The average Bonchev–Trinajstić information content (AvgIpc) is 2.79. The monoisotopic (exact) mass is 458 g/mol. The minimum atomic E-state index is -3.61. The molecule has 0 unspecified atom stereocenters. The van der Waals surface area contributed by atoms with Gasteiger partial charge in [-0.1, -0.05) is 36.8 Å². The lowest BCUT2D eigenvalue weighted by atomic mass is 9.71. The van der Waals surface area contributed by atoms with E-state index in [1.54, 1.807) is 6.07 Å². The van der Waals surface area contributed by atoms with E-state index in [9.17, 15) is 13.2 Å². The van der Waals surface area contributed by atoms with Crippen molar-refractivity contribution in [3.05, 3.63) is 54.1 Å². The van der Waals surface area contributed by atoms with Crippen LogP contribution in [0, 0.1) is 0 Å². The number of fused-ring (bicyclic) bond motifs is 1. The molecule has 2 N–H and O–H groups in total. The number of nitrogens with one attached hydrogen (secondary N) is 2. The maximum atomic E-state index is 12.5. The normalized spacial score (nSPS) is 16.8. The van der Waals surface area contributed by atoms with Crippen LogP contribution in [-0.2, 0) is 20.4 Å². The highest BCUT2D eigenvalue weighted by Gasteiger charge is 2.39. The molecule has 32 heavy (non-hydrogen) atoms. The molecule has 2 aromatic carbocycles. The first kappa shape index (κ1) is 22.6. The van der Waals surface area contributed by atoms with Crippen LogP contribution in [0.1, 0.15) is 50.5 Å². The number of hydrogen-bond acceptors (Lipinski definition) is 5. The van der Waals surface area contributed by atoms with Gasteiger partial charge in [0.05, 0.1) is 10.4 Å². The zero-order valence-electron chi connectivity index (χ0n) is 18.1. The van der Waals surface area contributed by atoms with Gasteiger partial charge in [-0.3, -0.25) is 4.79 Å². The van der Waals surface area contributed by atoms with Gasteiger partial charge in [0.2, 0.25) is 15.9 Å². The van der Waals surface area contributed by atoms with Gasteiger partial charge in [0.1, 0.15) is 13.2 Å². The highest BCUT2D eigenvalue weighted by molar-refractivity contribution is 7.89. The van der Waals surface area contributed by atoms with Crippen LogP contribution in [0.4, 0.5) is 0 Å². The minimum Gasteiger partial charge on any atom is -0.486 e. The molecule has 1 fully saturated rings. The SMILES string of the molecule is O=C(CCCCCNS(=O)(=O)c1ccc2c(c1)OCCO2)NC1(c2ccccc2)CCC1. The molecule has 0 radical (unpaired) electrons. The molecular formula is C24H30N2O5S. The molecule has 1 aliphatic heterocycles. The molecule has 8 heteroatoms. The van der Waals surface area contributed by atoms with Crippen molar-refractivity contribution in [3.8, 4) is 11.5 Å². The van der Waals surface area contributed by atoms with Crippen LogP contribution in [0.2, 0.25) is 0 Å². The Balaban J connectivity index is 1.18. The van der Waals surface area contributed by atoms with Crippen molar-refractivity contribution in [2.75, 3.05) is 19.8 Å². The summed E-state index contributed by atoms with van der Waals surface area (Å²) in [6.07, 6.45) is 5.69. The molecule has 1 amide bonds. The Hall–Kier alpha value is -2.58. The molecule has 1 heterocycles. The molecule has 172 valence electrons. The number of benzene rings is 2. The predicted molar refractivity (Wildman–Crippen MR) is 121 cm³/mol. The number of unbranched alkanes of at least 4 members (excludes halogenated alkanes) is 2. The lowest BCUT2D eigenvalue weighted by Gasteiger charge is -2.43. The molecule has 1 aliphatic carbocycles. The van der Waals surface area contributed by atoms with Crippen LogP contribution in [0.15, 0.2) is 53.4 Å². The highest BCUT2D eigenvalue weighted by Crippen LogP contribution is 2.41. The Labute approximate surface area is 189 Å². The molecule has 4 rings (SSSR count). The van der Waals surface area contributed by atoms with Crippen molar-refractivity contribution < 1.29 is 22.7 Å². The topological polar surface area (TPSA) is 93.7 Å². The fraction of sp³-hybridized carbons (Fsp3) is 0.458. The summed E-state index contributed by atoms with van der Waals surface area (Å²) in [6.45, 7) is 1.19. The number of sulfonamides is 1. The van der Waals surface area contributed by atoms with Gasteiger partial charge in [-0.2, -0.15) is 0 Å². The molecule has 0 spiro atoms. The lowest BCUT2D eigenvalue weighted by Crippen LogP contribution is -2.50. The Morgan fingerprint density at radius 3 is 2.41 bits per heavy atom. The second kappa shape index (κ2) is 9.92. The summed E-state index contributed by atoms with van der Waals surface area (Å²) in [4.78, 5) is 12.6. The predicted octanol–water partition coefficient (Wildman–Crippen LogP) is 3.49. The van der Waals surface area contributed by atoms with Crippen LogP contribution in [0.5, 0.6) is 11.5 Å². The minimum absolute atomic E-state index is 0.0606. The Kier molecular flexibility index (Phi) is 7.01. The van der Waals surface area contributed by atoms with Gasteiger partial charge in [0.15, 0.2) is 11.5 Å². The first-order chi connectivity index (χ1) is 15.5. The van der Waals surface area contributed by atoms with Crippen molar-refractivity contribution in [2.24, 2.45) is 0 Å². The highest BCUT2D eigenvalue weighted by atomic mass is 32.2. The molecule has 0 aromatic heterocycles. The van der Waals surface area contributed by atoms with Crippen LogP contribution in [0.3, 0.4) is 0 Å². The van der Waals surface area contributed by atoms with Gasteiger partial charge in [-0.15, -0.1) is 0 Å². The molecule has 2 aromatic rings. The van der Waals surface area contributed by atoms with Gasteiger partial charge in [-0.05, 0) is 49.8 Å². The largest absolute Gasteiger partial charge is 0.486 e. The van der Waals surface area contributed by atoms with E-state index in [1.165, 1.54) is 17.7 Å². The van der Waals surface area contributed by atoms with E-state index in [4.69, 9.17) is 9.47 Å². The Morgan fingerprint density at radius 2 is 1.69 bits per heavy atom. The summed E-state index contributed by atoms with van der Waals surface area (Å²) in [7, 11) is -3.61. The molecule has 0 saturated heterocycles. The van der Waals surface area contributed by atoms with Crippen LogP contribution < -0.4 is 19.5 Å². The number of hydrogen-bond donors (Lipinski definition) is 2. The molecule has 2 aliphatic rings. The van der Waals surface area contributed by atoms with Gasteiger partial charge in [0, 0.05) is 19.0 Å². The average molecular weight is 459 g/mol. The maximum Gasteiger partial charge on any atom is 0.240 e. The zero-order chi connectivity index (χ0) is 22.4. The first-order valence-corrected chi connectivity index (χ1v) is 12.7. The van der Waals surface area contributed by atoms with E-state index in [0.717, 1.165) is 32.1 Å². The molecular weight excluding hydrogens is 428 g/mol. The van der Waals surface area contributed by atoms with Gasteiger partial charge in [0.25, 0.3) is 0 Å². The number of rotatable bonds is 10.